The average molecular weight is 385 g/mol. The van der Waals surface area contributed by atoms with E-state index >= 15 is 0 Å². The zero-order chi connectivity index (χ0) is 19.0. The number of fused-ring (bicyclic) bond motifs is 1. The molecule has 140 valence electrons. The summed E-state index contributed by atoms with van der Waals surface area (Å²) < 4.78 is 5.20. The van der Waals surface area contributed by atoms with E-state index in [0.717, 1.165) is 31.2 Å². The standard InChI is InChI=1S/C21H21ClN2O3/c1-27-18-11-10-14(12-17(18)22)24-19(20(25)23-13-6-2-3-7-13)15-8-4-5-9-16(15)21(24)26/h4-5,8-13,19H,2-3,6-7H2,1H3,(H,23,25). The third kappa shape index (κ3) is 3.16. The summed E-state index contributed by atoms with van der Waals surface area (Å²) in [5.74, 6) is 0.182. The summed E-state index contributed by atoms with van der Waals surface area (Å²) >= 11 is 6.27. The lowest BCUT2D eigenvalue weighted by molar-refractivity contribution is -0.123. The first-order chi connectivity index (χ1) is 13.1. The van der Waals surface area contributed by atoms with Gasteiger partial charge in [-0.2, -0.15) is 0 Å². The van der Waals surface area contributed by atoms with Crippen molar-refractivity contribution in [1.82, 2.24) is 5.32 Å². The van der Waals surface area contributed by atoms with E-state index < -0.39 is 6.04 Å². The molecule has 4 rings (SSSR count). The summed E-state index contributed by atoms with van der Waals surface area (Å²) in [5.41, 5.74) is 1.86. The zero-order valence-electron chi connectivity index (χ0n) is 15.1. The van der Waals surface area contributed by atoms with Crippen LogP contribution in [0.3, 0.4) is 0 Å². The van der Waals surface area contributed by atoms with Gasteiger partial charge in [0.1, 0.15) is 11.8 Å². The van der Waals surface area contributed by atoms with Crippen molar-refractivity contribution >= 4 is 29.1 Å². The summed E-state index contributed by atoms with van der Waals surface area (Å²) in [6, 6.07) is 11.9. The average Bonchev–Trinajstić information content (AvgIpc) is 3.28. The molecule has 1 fully saturated rings. The van der Waals surface area contributed by atoms with Crippen molar-refractivity contribution in [1.29, 1.82) is 0 Å². The quantitative estimate of drug-likeness (QED) is 0.863. The first kappa shape index (κ1) is 17.9. The Labute approximate surface area is 163 Å². The van der Waals surface area contributed by atoms with Gasteiger partial charge in [0.25, 0.3) is 5.91 Å². The number of halogens is 1. The second-order valence-electron chi connectivity index (χ2n) is 6.97. The fourth-order valence-electron chi connectivity index (χ4n) is 4.00. The number of anilines is 1. The molecule has 1 N–H and O–H groups in total. The van der Waals surface area contributed by atoms with Crippen molar-refractivity contribution in [2.24, 2.45) is 0 Å². The third-order valence-electron chi connectivity index (χ3n) is 5.33. The van der Waals surface area contributed by atoms with Crippen molar-refractivity contribution in [2.45, 2.75) is 37.8 Å². The first-order valence-corrected chi connectivity index (χ1v) is 9.54. The third-order valence-corrected chi connectivity index (χ3v) is 5.62. The first-order valence-electron chi connectivity index (χ1n) is 9.16. The van der Waals surface area contributed by atoms with Crippen LogP contribution in [-0.4, -0.2) is 25.0 Å². The number of nitrogens with zero attached hydrogens (tertiary/aromatic N) is 1. The Balaban J connectivity index is 1.73. The van der Waals surface area contributed by atoms with Gasteiger partial charge in [-0.15, -0.1) is 0 Å². The largest absolute Gasteiger partial charge is 0.495 e. The predicted molar refractivity (Wildman–Crippen MR) is 104 cm³/mol. The molecule has 0 aromatic heterocycles. The molecule has 2 aromatic rings. The number of rotatable bonds is 4. The number of benzene rings is 2. The molecule has 2 amide bonds. The maximum Gasteiger partial charge on any atom is 0.259 e. The molecule has 5 nitrogen and oxygen atoms in total. The number of nitrogens with one attached hydrogen (secondary N) is 1. The molecular formula is C21H21ClN2O3. The number of hydrogen-bond donors (Lipinski definition) is 1. The van der Waals surface area contributed by atoms with Crippen LogP contribution in [0.5, 0.6) is 5.75 Å². The summed E-state index contributed by atoms with van der Waals surface area (Å²) in [6.07, 6.45) is 4.23. The van der Waals surface area contributed by atoms with E-state index in [9.17, 15) is 9.59 Å². The van der Waals surface area contributed by atoms with Gasteiger partial charge in [0.2, 0.25) is 5.91 Å². The summed E-state index contributed by atoms with van der Waals surface area (Å²) in [5, 5.41) is 3.53. The highest BCUT2D eigenvalue weighted by Crippen LogP contribution is 2.40. The van der Waals surface area contributed by atoms with Crippen LogP contribution >= 0.6 is 11.6 Å². The number of hydrogen-bond acceptors (Lipinski definition) is 3. The van der Waals surface area contributed by atoms with Crippen LogP contribution in [0.2, 0.25) is 5.02 Å². The second kappa shape index (κ2) is 7.24. The SMILES string of the molecule is COc1ccc(N2C(=O)c3ccccc3C2C(=O)NC2CCCC2)cc1Cl. The summed E-state index contributed by atoms with van der Waals surface area (Å²) in [6.45, 7) is 0. The van der Waals surface area contributed by atoms with Crippen molar-refractivity contribution in [2.75, 3.05) is 12.0 Å². The van der Waals surface area contributed by atoms with Crippen molar-refractivity contribution in [3.63, 3.8) is 0 Å². The Kier molecular flexibility index (Phi) is 4.79. The van der Waals surface area contributed by atoms with Crippen LogP contribution in [0.15, 0.2) is 42.5 Å². The molecule has 1 aliphatic heterocycles. The number of methoxy groups -OCH3 is 1. The molecule has 27 heavy (non-hydrogen) atoms. The fourth-order valence-corrected chi connectivity index (χ4v) is 4.25. The van der Waals surface area contributed by atoms with Gasteiger partial charge in [-0.1, -0.05) is 42.6 Å². The fraction of sp³-hybridized carbons (Fsp3) is 0.333. The molecule has 0 radical (unpaired) electrons. The molecule has 1 saturated carbocycles. The second-order valence-corrected chi connectivity index (χ2v) is 7.38. The molecule has 0 bridgehead atoms. The molecule has 6 heteroatoms. The van der Waals surface area contributed by atoms with Crippen LogP contribution < -0.4 is 15.0 Å². The predicted octanol–water partition coefficient (Wildman–Crippen LogP) is 4.11. The highest BCUT2D eigenvalue weighted by Gasteiger charge is 2.42. The lowest BCUT2D eigenvalue weighted by Crippen LogP contribution is -2.42. The Morgan fingerprint density at radius 3 is 2.63 bits per heavy atom. The Morgan fingerprint density at radius 1 is 1.19 bits per heavy atom. The van der Waals surface area contributed by atoms with Gasteiger partial charge in [0.15, 0.2) is 0 Å². The van der Waals surface area contributed by atoms with Gasteiger partial charge in [-0.25, -0.2) is 0 Å². The molecule has 0 saturated heterocycles. The van der Waals surface area contributed by atoms with Gasteiger partial charge < -0.3 is 10.1 Å². The van der Waals surface area contributed by atoms with E-state index in [4.69, 9.17) is 16.3 Å². The monoisotopic (exact) mass is 384 g/mol. The summed E-state index contributed by atoms with van der Waals surface area (Å²) in [4.78, 5) is 27.8. The topological polar surface area (TPSA) is 58.6 Å². The highest BCUT2D eigenvalue weighted by atomic mass is 35.5. The van der Waals surface area contributed by atoms with Gasteiger partial charge >= 0.3 is 0 Å². The smallest absolute Gasteiger partial charge is 0.259 e. The Hall–Kier alpha value is -2.53. The maximum absolute atomic E-state index is 13.1. The van der Waals surface area contributed by atoms with Crippen LogP contribution in [0, 0.1) is 0 Å². The molecule has 2 aliphatic rings. The molecule has 1 atom stereocenters. The van der Waals surface area contributed by atoms with Crippen LogP contribution in [0.1, 0.15) is 47.6 Å². The van der Waals surface area contributed by atoms with E-state index in [1.54, 1.807) is 24.3 Å². The minimum absolute atomic E-state index is 0.146. The molecule has 2 aromatic carbocycles. The van der Waals surface area contributed by atoms with E-state index in [0.29, 0.717) is 22.0 Å². The maximum atomic E-state index is 13.1. The number of ether oxygens (including phenoxy) is 1. The minimum atomic E-state index is -0.696. The molecule has 0 spiro atoms. The number of carbonyl (C=O) groups excluding carboxylic acids is 2. The lowest BCUT2D eigenvalue weighted by Gasteiger charge is -2.26. The zero-order valence-corrected chi connectivity index (χ0v) is 15.8. The van der Waals surface area contributed by atoms with E-state index in [1.165, 1.54) is 12.0 Å². The lowest BCUT2D eigenvalue weighted by atomic mass is 10.0. The van der Waals surface area contributed by atoms with Crippen molar-refractivity contribution in [3.05, 3.63) is 58.6 Å². The molecular weight excluding hydrogens is 364 g/mol. The molecule has 1 aliphatic carbocycles. The van der Waals surface area contributed by atoms with E-state index in [1.807, 2.05) is 18.2 Å². The van der Waals surface area contributed by atoms with E-state index in [-0.39, 0.29) is 17.9 Å². The normalized spacial score (nSPS) is 19.3. The Bertz CT molecular complexity index is 893. The van der Waals surface area contributed by atoms with Gasteiger partial charge in [-0.3, -0.25) is 14.5 Å². The molecule has 1 unspecified atom stereocenters. The van der Waals surface area contributed by atoms with Crippen LogP contribution in [-0.2, 0) is 4.79 Å². The van der Waals surface area contributed by atoms with Crippen molar-refractivity contribution in [3.8, 4) is 5.75 Å². The van der Waals surface area contributed by atoms with Crippen LogP contribution in [0.25, 0.3) is 0 Å². The van der Waals surface area contributed by atoms with E-state index in [2.05, 4.69) is 5.32 Å². The number of carbonyl (C=O) groups is 2. The summed E-state index contributed by atoms with van der Waals surface area (Å²) in [7, 11) is 1.54. The van der Waals surface area contributed by atoms with Gasteiger partial charge in [0.05, 0.1) is 12.1 Å². The minimum Gasteiger partial charge on any atom is -0.495 e. The number of amides is 2. The highest BCUT2D eigenvalue weighted by molar-refractivity contribution is 6.32. The van der Waals surface area contributed by atoms with Crippen molar-refractivity contribution < 1.29 is 14.3 Å². The molecule has 1 heterocycles. The van der Waals surface area contributed by atoms with Crippen LogP contribution in [0.4, 0.5) is 5.69 Å². The van der Waals surface area contributed by atoms with Gasteiger partial charge in [-0.05, 0) is 42.7 Å². The Morgan fingerprint density at radius 2 is 1.93 bits per heavy atom. The van der Waals surface area contributed by atoms with Gasteiger partial charge in [0, 0.05) is 17.3 Å².